The molecule has 0 aliphatic heterocycles. The molecule has 1 aliphatic carbocycles. The molecule has 6 nitrogen and oxygen atoms in total. The van der Waals surface area contributed by atoms with Gasteiger partial charge in [-0.05, 0) is 54.7 Å². The predicted octanol–water partition coefficient (Wildman–Crippen LogP) is 4.26. The summed E-state index contributed by atoms with van der Waals surface area (Å²) in [4.78, 5) is 13.1. The second kappa shape index (κ2) is 9.37. The molecule has 1 amide bonds. The van der Waals surface area contributed by atoms with E-state index < -0.39 is 10.0 Å². The van der Waals surface area contributed by atoms with Crippen LogP contribution < -0.4 is 10.1 Å². The Morgan fingerprint density at radius 1 is 1.17 bits per heavy atom. The van der Waals surface area contributed by atoms with Crippen LogP contribution in [-0.2, 0) is 10.0 Å². The number of benzene rings is 2. The molecule has 0 heterocycles. The van der Waals surface area contributed by atoms with Gasteiger partial charge in [-0.2, -0.15) is 4.31 Å². The van der Waals surface area contributed by atoms with Crippen LogP contribution >= 0.6 is 11.6 Å². The highest BCUT2D eigenvalue weighted by atomic mass is 35.5. The summed E-state index contributed by atoms with van der Waals surface area (Å²) in [7, 11) is -2.08. The average molecular weight is 451 g/mol. The monoisotopic (exact) mass is 450 g/mol. The Morgan fingerprint density at radius 3 is 2.33 bits per heavy atom. The lowest BCUT2D eigenvalue weighted by Gasteiger charge is -2.21. The summed E-state index contributed by atoms with van der Waals surface area (Å²) in [6.45, 7) is 4.26. The van der Waals surface area contributed by atoms with Crippen molar-refractivity contribution in [2.24, 2.45) is 5.92 Å². The van der Waals surface area contributed by atoms with Crippen LogP contribution in [0.4, 0.5) is 0 Å². The molecule has 1 fully saturated rings. The minimum absolute atomic E-state index is 0.0631. The van der Waals surface area contributed by atoms with Gasteiger partial charge in [-0.3, -0.25) is 4.79 Å². The van der Waals surface area contributed by atoms with Crippen LogP contribution in [-0.4, -0.2) is 38.8 Å². The summed E-state index contributed by atoms with van der Waals surface area (Å²) in [5, 5.41) is 3.27. The maximum absolute atomic E-state index is 13.1. The van der Waals surface area contributed by atoms with Crippen molar-refractivity contribution in [1.82, 2.24) is 9.62 Å². The van der Waals surface area contributed by atoms with Gasteiger partial charge in [-0.15, -0.1) is 0 Å². The van der Waals surface area contributed by atoms with Crippen molar-refractivity contribution < 1.29 is 17.9 Å². The number of amides is 1. The Labute approximate surface area is 183 Å². The van der Waals surface area contributed by atoms with Crippen molar-refractivity contribution in [3.8, 4) is 5.75 Å². The first-order valence-corrected chi connectivity index (χ1v) is 11.9. The van der Waals surface area contributed by atoms with Gasteiger partial charge in [-0.25, -0.2) is 8.42 Å². The van der Waals surface area contributed by atoms with E-state index in [0.29, 0.717) is 19.0 Å². The van der Waals surface area contributed by atoms with Gasteiger partial charge in [0, 0.05) is 13.1 Å². The van der Waals surface area contributed by atoms with Gasteiger partial charge in [0.2, 0.25) is 10.0 Å². The van der Waals surface area contributed by atoms with Crippen molar-refractivity contribution in [3.63, 3.8) is 0 Å². The van der Waals surface area contributed by atoms with Gasteiger partial charge in [0.25, 0.3) is 5.91 Å². The van der Waals surface area contributed by atoms with Crippen LogP contribution in [0.25, 0.3) is 0 Å². The number of hydrogen-bond acceptors (Lipinski definition) is 4. The molecule has 0 bridgehead atoms. The Kier molecular flexibility index (Phi) is 7.06. The predicted molar refractivity (Wildman–Crippen MR) is 117 cm³/mol. The van der Waals surface area contributed by atoms with E-state index in [1.165, 1.54) is 22.5 Å². The molecule has 0 radical (unpaired) electrons. The summed E-state index contributed by atoms with van der Waals surface area (Å²) in [6, 6.07) is 11.7. The summed E-state index contributed by atoms with van der Waals surface area (Å²) in [6.07, 6.45) is 2.06. The quantitative estimate of drug-likeness (QED) is 0.619. The third-order valence-corrected chi connectivity index (χ3v) is 7.76. The first kappa shape index (κ1) is 22.6. The summed E-state index contributed by atoms with van der Waals surface area (Å²) >= 11 is 6.27. The Hall–Kier alpha value is -2.09. The zero-order valence-corrected chi connectivity index (χ0v) is 19.0. The van der Waals surface area contributed by atoms with Gasteiger partial charge < -0.3 is 10.1 Å². The highest BCUT2D eigenvalue weighted by Gasteiger charge is 2.34. The Morgan fingerprint density at radius 2 is 1.80 bits per heavy atom. The fourth-order valence-electron chi connectivity index (χ4n) is 3.48. The maximum atomic E-state index is 13.1. The summed E-state index contributed by atoms with van der Waals surface area (Å²) in [5.74, 6) is 0.713. The Balaban J connectivity index is 1.88. The van der Waals surface area contributed by atoms with E-state index in [9.17, 15) is 13.2 Å². The zero-order valence-electron chi connectivity index (χ0n) is 17.4. The minimum Gasteiger partial charge on any atom is -0.497 e. The molecule has 30 heavy (non-hydrogen) atoms. The van der Waals surface area contributed by atoms with Gasteiger partial charge in [0.05, 0.1) is 28.6 Å². The van der Waals surface area contributed by atoms with Crippen LogP contribution in [0.2, 0.25) is 5.02 Å². The molecule has 8 heteroatoms. The topological polar surface area (TPSA) is 75.7 Å². The van der Waals surface area contributed by atoms with E-state index in [1.54, 1.807) is 21.0 Å². The van der Waals surface area contributed by atoms with E-state index in [1.807, 2.05) is 24.3 Å². The van der Waals surface area contributed by atoms with Crippen molar-refractivity contribution in [3.05, 3.63) is 58.6 Å². The molecule has 0 saturated heterocycles. The molecule has 0 aromatic heterocycles. The fourth-order valence-corrected chi connectivity index (χ4v) is 5.17. The summed E-state index contributed by atoms with van der Waals surface area (Å²) in [5.41, 5.74) is 1.14. The lowest BCUT2D eigenvalue weighted by atomic mass is 10.0. The van der Waals surface area contributed by atoms with Gasteiger partial charge in [-0.1, -0.05) is 37.6 Å². The number of nitrogens with one attached hydrogen (secondary N) is 1. The number of hydrogen-bond donors (Lipinski definition) is 1. The Bertz CT molecular complexity index is 1000. The number of carbonyl (C=O) groups excluding carboxylic acids is 1. The number of rotatable bonds is 9. The van der Waals surface area contributed by atoms with E-state index >= 15 is 0 Å². The van der Waals surface area contributed by atoms with Crippen LogP contribution in [0, 0.1) is 5.92 Å². The standard InChI is InChI=1S/C22H27ClN2O4S/c1-4-25(5-2)30(27,28)18-12-13-20(23)19(14-18)22(26)24-21(15-6-7-15)16-8-10-17(29-3)11-9-16/h8-15,21H,4-7H2,1-3H3,(H,24,26). The molecule has 0 spiro atoms. The molecule has 1 unspecified atom stereocenters. The first-order chi connectivity index (χ1) is 14.3. The van der Waals surface area contributed by atoms with Crippen molar-refractivity contribution in [2.45, 2.75) is 37.6 Å². The average Bonchev–Trinajstić information content (AvgIpc) is 3.58. The van der Waals surface area contributed by atoms with Crippen LogP contribution in [0.15, 0.2) is 47.4 Å². The third-order valence-electron chi connectivity index (χ3n) is 5.38. The SMILES string of the molecule is CCN(CC)S(=O)(=O)c1ccc(Cl)c(C(=O)NC(c2ccc(OC)cc2)C2CC2)c1. The molecule has 1 saturated carbocycles. The highest BCUT2D eigenvalue weighted by molar-refractivity contribution is 7.89. The van der Waals surface area contributed by atoms with Crippen LogP contribution in [0.1, 0.15) is 48.7 Å². The second-order valence-corrected chi connectivity index (χ2v) is 9.64. The number of halogens is 1. The minimum atomic E-state index is -3.69. The number of methoxy groups -OCH3 is 1. The molecular formula is C22H27ClN2O4S. The van der Waals surface area contributed by atoms with Crippen molar-refractivity contribution in [1.29, 1.82) is 0 Å². The smallest absolute Gasteiger partial charge is 0.253 e. The third kappa shape index (κ3) is 4.79. The van der Waals surface area contributed by atoms with E-state index in [0.717, 1.165) is 24.2 Å². The lowest BCUT2D eigenvalue weighted by molar-refractivity contribution is 0.0931. The maximum Gasteiger partial charge on any atom is 0.253 e. The molecule has 1 N–H and O–H groups in total. The van der Waals surface area contributed by atoms with Gasteiger partial charge in [0.15, 0.2) is 0 Å². The molecule has 1 aliphatic rings. The van der Waals surface area contributed by atoms with Gasteiger partial charge >= 0.3 is 0 Å². The zero-order chi connectivity index (χ0) is 21.9. The molecule has 2 aromatic carbocycles. The van der Waals surface area contributed by atoms with E-state index in [-0.39, 0.29) is 27.4 Å². The van der Waals surface area contributed by atoms with Crippen LogP contribution in [0.3, 0.4) is 0 Å². The largest absolute Gasteiger partial charge is 0.497 e. The lowest BCUT2D eigenvalue weighted by Crippen LogP contribution is -2.32. The van der Waals surface area contributed by atoms with Gasteiger partial charge in [0.1, 0.15) is 5.75 Å². The fraction of sp³-hybridized carbons (Fsp3) is 0.409. The first-order valence-electron chi connectivity index (χ1n) is 10.1. The van der Waals surface area contributed by atoms with Crippen molar-refractivity contribution in [2.75, 3.05) is 20.2 Å². The van der Waals surface area contributed by atoms with Crippen molar-refractivity contribution >= 4 is 27.5 Å². The number of carbonyl (C=O) groups is 1. The summed E-state index contributed by atoms with van der Waals surface area (Å²) < 4.78 is 32.2. The highest BCUT2D eigenvalue weighted by Crippen LogP contribution is 2.41. The molecule has 3 rings (SSSR count). The molecule has 162 valence electrons. The van der Waals surface area contributed by atoms with E-state index in [2.05, 4.69) is 5.32 Å². The number of nitrogens with zero attached hydrogens (tertiary/aromatic N) is 1. The number of ether oxygens (including phenoxy) is 1. The number of sulfonamides is 1. The molecular weight excluding hydrogens is 424 g/mol. The molecule has 2 aromatic rings. The van der Waals surface area contributed by atoms with E-state index in [4.69, 9.17) is 16.3 Å². The second-order valence-electron chi connectivity index (χ2n) is 7.29. The molecule has 1 atom stereocenters. The van der Waals surface area contributed by atoms with Crippen LogP contribution in [0.5, 0.6) is 5.75 Å². The normalized spacial score (nSPS) is 15.1.